The van der Waals surface area contributed by atoms with E-state index in [1.165, 1.54) is 5.56 Å². The molecule has 2 aliphatic heterocycles. The summed E-state index contributed by atoms with van der Waals surface area (Å²) in [4.78, 5) is 6.55. The molecule has 1 N–H and O–H groups in total. The second-order valence-electron chi connectivity index (χ2n) is 6.48. The van der Waals surface area contributed by atoms with E-state index in [0.717, 1.165) is 29.1 Å². The van der Waals surface area contributed by atoms with E-state index in [9.17, 15) is 0 Å². The van der Waals surface area contributed by atoms with Crippen LogP contribution < -0.4 is 5.43 Å². The Bertz CT molecular complexity index is 959. The van der Waals surface area contributed by atoms with Gasteiger partial charge in [0.1, 0.15) is 12.0 Å². The molecule has 2 aromatic carbocycles. The maximum absolute atomic E-state index is 4.40. The SMILES string of the molecule is CN(C)Cc1ccc(Nn2cnc3nnc(-c4ccccc4)c-3c2)cc1. The van der Waals surface area contributed by atoms with Gasteiger partial charge in [0, 0.05) is 18.3 Å². The van der Waals surface area contributed by atoms with Crippen molar-refractivity contribution in [1.29, 1.82) is 0 Å². The van der Waals surface area contributed by atoms with Crippen LogP contribution in [0.5, 0.6) is 0 Å². The number of anilines is 1. The van der Waals surface area contributed by atoms with Gasteiger partial charge in [0.25, 0.3) is 0 Å². The Kier molecular flexibility index (Phi) is 4.33. The van der Waals surface area contributed by atoms with Crippen molar-refractivity contribution in [2.75, 3.05) is 19.5 Å². The zero-order valence-electron chi connectivity index (χ0n) is 14.8. The van der Waals surface area contributed by atoms with Gasteiger partial charge in [-0.2, -0.15) is 0 Å². The predicted octanol–water partition coefficient (Wildman–Crippen LogP) is 3.38. The monoisotopic (exact) mass is 344 g/mol. The second-order valence-corrected chi connectivity index (χ2v) is 6.48. The number of nitrogens with zero attached hydrogens (tertiary/aromatic N) is 5. The molecule has 0 bridgehead atoms. The number of nitrogens with one attached hydrogen (secondary N) is 1. The number of aromatic nitrogens is 4. The lowest BCUT2D eigenvalue weighted by Crippen LogP contribution is -2.12. The third-order valence-corrected chi connectivity index (χ3v) is 4.07. The van der Waals surface area contributed by atoms with Gasteiger partial charge in [-0.05, 0) is 31.8 Å². The molecule has 0 aliphatic carbocycles. The molecule has 0 saturated heterocycles. The minimum absolute atomic E-state index is 0.642. The van der Waals surface area contributed by atoms with E-state index < -0.39 is 0 Å². The Hall–Kier alpha value is -3.25. The number of hydrogen-bond acceptors (Lipinski definition) is 5. The average molecular weight is 344 g/mol. The topological polar surface area (TPSA) is 58.9 Å². The largest absolute Gasteiger partial charge is 0.305 e. The minimum Gasteiger partial charge on any atom is -0.305 e. The van der Waals surface area contributed by atoms with E-state index in [2.05, 4.69) is 63.9 Å². The van der Waals surface area contributed by atoms with Gasteiger partial charge in [-0.3, -0.25) is 10.1 Å². The summed E-state index contributed by atoms with van der Waals surface area (Å²) in [6.45, 7) is 0.923. The summed E-state index contributed by atoms with van der Waals surface area (Å²) in [7, 11) is 4.13. The standard InChI is InChI=1S/C20H20N6/c1-25(2)12-15-8-10-17(11-9-15)24-26-13-18-19(16-6-4-3-5-7-16)22-23-20(18)21-14-26/h3-11,13-14,24H,12H2,1-2H3. The van der Waals surface area contributed by atoms with Gasteiger partial charge in [-0.25, -0.2) is 4.98 Å². The van der Waals surface area contributed by atoms with Crippen molar-refractivity contribution < 1.29 is 0 Å². The molecular formula is C20H20N6. The van der Waals surface area contributed by atoms with Crippen LogP contribution in [0.2, 0.25) is 0 Å². The Morgan fingerprint density at radius 2 is 1.73 bits per heavy atom. The average Bonchev–Trinajstić information content (AvgIpc) is 3.07. The first-order valence-electron chi connectivity index (χ1n) is 8.45. The third-order valence-electron chi connectivity index (χ3n) is 4.07. The molecule has 2 heterocycles. The second kappa shape index (κ2) is 6.93. The van der Waals surface area contributed by atoms with Crippen molar-refractivity contribution in [2.24, 2.45) is 0 Å². The predicted molar refractivity (Wildman–Crippen MR) is 103 cm³/mol. The van der Waals surface area contributed by atoms with Crippen molar-refractivity contribution in [3.8, 4) is 22.6 Å². The lowest BCUT2D eigenvalue weighted by Gasteiger charge is -2.13. The van der Waals surface area contributed by atoms with E-state index in [4.69, 9.17) is 0 Å². The number of benzene rings is 2. The van der Waals surface area contributed by atoms with Crippen LogP contribution in [0.15, 0.2) is 67.1 Å². The molecule has 0 unspecified atom stereocenters. The maximum Gasteiger partial charge on any atom is 0.187 e. The van der Waals surface area contributed by atoms with Crippen LogP contribution in [0, 0.1) is 0 Å². The number of hydrogen-bond donors (Lipinski definition) is 1. The quantitative estimate of drug-likeness (QED) is 0.601. The molecule has 0 aromatic heterocycles. The molecule has 0 amide bonds. The molecule has 26 heavy (non-hydrogen) atoms. The fourth-order valence-corrected chi connectivity index (χ4v) is 2.88. The third kappa shape index (κ3) is 3.41. The van der Waals surface area contributed by atoms with E-state index in [0.29, 0.717) is 5.82 Å². The summed E-state index contributed by atoms with van der Waals surface area (Å²) in [6.07, 6.45) is 3.68. The van der Waals surface area contributed by atoms with Crippen molar-refractivity contribution in [2.45, 2.75) is 6.54 Å². The molecule has 0 saturated carbocycles. The van der Waals surface area contributed by atoms with Gasteiger partial charge >= 0.3 is 0 Å². The van der Waals surface area contributed by atoms with Crippen LogP contribution in [-0.4, -0.2) is 38.9 Å². The van der Waals surface area contributed by atoms with Crippen molar-refractivity contribution in [3.05, 3.63) is 72.7 Å². The van der Waals surface area contributed by atoms with Gasteiger partial charge in [0.05, 0.1) is 11.3 Å². The molecule has 0 radical (unpaired) electrons. The van der Waals surface area contributed by atoms with Crippen molar-refractivity contribution in [3.63, 3.8) is 0 Å². The molecule has 4 rings (SSSR count). The van der Waals surface area contributed by atoms with Gasteiger partial charge in [0.15, 0.2) is 5.82 Å². The molecule has 6 nitrogen and oxygen atoms in total. The highest BCUT2D eigenvalue weighted by molar-refractivity contribution is 5.77. The zero-order chi connectivity index (χ0) is 17.9. The fourth-order valence-electron chi connectivity index (χ4n) is 2.88. The Balaban J connectivity index is 1.60. The van der Waals surface area contributed by atoms with E-state index in [-0.39, 0.29) is 0 Å². The fraction of sp³-hybridized carbons (Fsp3) is 0.150. The molecule has 0 atom stereocenters. The Morgan fingerprint density at radius 1 is 0.962 bits per heavy atom. The molecule has 130 valence electrons. The van der Waals surface area contributed by atoms with Crippen LogP contribution in [0.3, 0.4) is 0 Å². The number of rotatable bonds is 5. The highest BCUT2D eigenvalue weighted by atomic mass is 15.4. The molecule has 0 fully saturated rings. The van der Waals surface area contributed by atoms with Crippen molar-refractivity contribution >= 4 is 5.69 Å². The first-order chi connectivity index (χ1) is 12.7. The molecule has 2 aromatic rings. The summed E-state index contributed by atoms with van der Waals surface area (Å²) in [5.74, 6) is 0.642. The van der Waals surface area contributed by atoms with E-state index in [1.807, 2.05) is 41.2 Å². The summed E-state index contributed by atoms with van der Waals surface area (Å²) in [6, 6.07) is 18.4. The summed E-state index contributed by atoms with van der Waals surface area (Å²) >= 11 is 0. The van der Waals surface area contributed by atoms with Crippen LogP contribution >= 0.6 is 0 Å². The highest BCUT2D eigenvalue weighted by Gasteiger charge is 2.16. The molecule has 2 aliphatic rings. The summed E-state index contributed by atoms with van der Waals surface area (Å²) < 4.78 is 1.83. The van der Waals surface area contributed by atoms with Gasteiger partial charge < -0.3 is 4.90 Å². The van der Waals surface area contributed by atoms with Crippen LogP contribution in [-0.2, 0) is 6.54 Å². The lowest BCUT2D eigenvalue weighted by molar-refractivity contribution is 0.402. The summed E-state index contributed by atoms with van der Waals surface area (Å²) in [5.41, 5.74) is 8.38. The first-order valence-corrected chi connectivity index (χ1v) is 8.45. The van der Waals surface area contributed by atoms with Gasteiger partial charge in [-0.1, -0.05) is 42.5 Å². The van der Waals surface area contributed by atoms with Gasteiger partial charge in [0.2, 0.25) is 0 Å². The van der Waals surface area contributed by atoms with Crippen molar-refractivity contribution in [1.82, 2.24) is 24.8 Å². The maximum atomic E-state index is 4.40. The van der Waals surface area contributed by atoms with Crippen LogP contribution in [0.1, 0.15) is 5.56 Å². The summed E-state index contributed by atoms with van der Waals surface area (Å²) in [5, 5.41) is 8.47. The molecule has 0 spiro atoms. The first kappa shape index (κ1) is 16.2. The smallest absolute Gasteiger partial charge is 0.187 e. The zero-order valence-corrected chi connectivity index (χ0v) is 14.8. The number of fused-ring (bicyclic) bond motifs is 1. The van der Waals surface area contributed by atoms with E-state index >= 15 is 0 Å². The minimum atomic E-state index is 0.642. The van der Waals surface area contributed by atoms with Gasteiger partial charge in [-0.15, -0.1) is 10.2 Å². The van der Waals surface area contributed by atoms with E-state index in [1.54, 1.807) is 6.33 Å². The lowest BCUT2D eigenvalue weighted by atomic mass is 10.1. The Labute approximate surface area is 152 Å². The Morgan fingerprint density at radius 3 is 2.46 bits per heavy atom. The highest BCUT2D eigenvalue weighted by Crippen LogP contribution is 2.29. The normalized spacial score (nSPS) is 11.2. The van der Waals surface area contributed by atoms with Crippen LogP contribution in [0.25, 0.3) is 22.6 Å². The molecular weight excluding hydrogens is 324 g/mol. The van der Waals surface area contributed by atoms with Crippen LogP contribution in [0.4, 0.5) is 5.69 Å². The molecule has 6 heteroatoms.